The summed E-state index contributed by atoms with van der Waals surface area (Å²) >= 11 is 0. The second-order valence-corrected chi connectivity index (χ2v) is 3.77. The number of hydrogen-bond donors (Lipinski definition) is 1. The lowest BCUT2D eigenvalue weighted by molar-refractivity contribution is 0.294. The van der Waals surface area contributed by atoms with Crippen molar-refractivity contribution in [3.63, 3.8) is 0 Å². The Morgan fingerprint density at radius 2 is 2.00 bits per heavy atom. The highest BCUT2D eigenvalue weighted by Crippen LogP contribution is 2.30. The highest BCUT2D eigenvalue weighted by molar-refractivity contribution is 5.43. The molecule has 0 aromatic heterocycles. The summed E-state index contributed by atoms with van der Waals surface area (Å²) in [5, 5.41) is 0. The minimum atomic E-state index is 0.0640. The van der Waals surface area contributed by atoms with E-state index in [-0.39, 0.29) is 6.04 Å². The van der Waals surface area contributed by atoms with Gasteiger partial charge in [-0.25, -0.2) is 0 Å². The summed E-state index contributed by atoms with van der Waals surface area (Å²) in [5.74, 6) is 1.55. The molecule has 0 bridgehead atoms. The van der Waals surface area contributed by atoms with Gasteiger partial charge in [0.25, 0.3) is 0 Å². The fourth-order valence-electron chi connectivity index (χ4n) is 1.48. The Hall–Kier alpha value is -1.22. The van der Waals surface area contributed by atoms with Gasteiger partial charge in [0.15, 0.2) is 11.5 Å². The van der Waals surface area contributed by atoms with E-state index in [1.165, 1.54) is 0 Å². The fraction of sp³-hybridized carbons (Fsp3) is 0.538. The number of methoxy groups -OCH3 is 1. The first kappa shape index (κ1) is 12.8. The summed E-state index contributed by atoms with van der Waals surface area (Å²) in [6.07, 6.45) is 1.90. The lowest BCUT2D eigenvalue weighted by Crippen LogP contribution is -2.09. The summed E-state index contributed by atoms with van der Waals surface area (Å²) in [5.41, 5.74) is 7.06. The van der Waals surface area contributed by atoms with Crippen molar-refractivity contribution in [1.29, 1.82) is 0 Å². The third-order valence-electron chi connectivity index (χ3n) is 2.52. The average Bonchev–Trinajstić information content (AvgIpc) is 2.35. The smallest absolute Gasteiger partial charge is 0.161 e. The van der Waals surface area contributed by atoms with Gasteiger partial charge in [0, 0.05) is 6.04 Å². The van der Waals surface area contributed by atoms with Crippen LogP contribution in [0.1, 0.15) is 38.3 Å². The molecule has 0 amide bonds. The van der Waals surface area contributed by atoms with Gasteiger partial charge in [-0.05, 0) is 30.5 Å². The lowest BCUT2D eigenvalue weighted by atomic mass is 10.1. The van der Waals surface area contributed by atoms with Crippen molar-refractivity contribution >= 4 is 0 Å². The molecule has 0 saturated heterocycles. The van der Waals surface area contributed by atoms with Gasteiger partial charge in [0.1, 0.15) is 0 Å². The third-order valence-corrected chi connectivity index (χ3v) is 2.52. The van der Waals surface area contributed by atoms with E-state index < -0.39 is 0 Å². The van der Waals surface area contributed by atoms with Crippen LogP contribution in [0.3, 0.4) is 0 Å². The molecule has 0 radical (unpaired) electrons. The molecule has 1 aromatic rings. The van der Waals surface area contributed by atoms with Crippen LogP contribution in [0.2, 0.25) is 0 Å². The minimum Gasteiger partial charge on any atom is -0.493 e. The Kier molecular flexibility index (Phi) is 5.12. The minimum absolute atomic E-state index is 0.0640. The summed E-state index contributed by atoms with van der Waals surface area (Å²) < 4.78 is 10.9. The average molecular weight is 223 g/mol. The molecule has 3 nitrogen and oxygen atoms in total. The van der Waals surface area contributed by atoms with Crippen molar-refractivity contribution in [3.8, 4) is 11.5 Å². The molecule has 1 atom stereocenters. The van der Waals surface area contributed by atoms with Crippen LogP contribution >= 0.6 is 0 Å². The van der Waals surface area contributed by atoms with Crippen LogP contribution in [0.4, 0.5) is 0 Å². The predicted molar refractivity (Wildman–Crippen MR) is 66.0 cm³/mol. The standard InChI is InChI=1S/C13H21NO2/c1-4-8-16-12-7-6-10(11(14)5-2)9-13(12)15-3/h6-7,9,11H,4-5,8,14H2,1-3H3. The Morgan fingerprint density at radius 1 is 1.25 bits per heavy atom. The maximum atomic E-state index is 5.97. The Bertz CT molecular complexity index is 326. The van der Waals surface area contributed by atoms with Crippen LogP contribution in [-0.4, -0.2) is 13.7 Å². The quantitative estimate of drug-likeness (QED) is 0.806. The lowest BCUT2D eigenvalue weighted by Gasteiger charge is -2.14. The summed E-state index contributed by atoms with van der Waals surface area (Å²) in [6, 6.07) is 5.95. The van der Waals surface area contributed by atoms with Crippen molar-refractivity contribution in [2.45, 2.75) is 32.7 Å². The molecule has 1 aromatic carbocycles. The van der Waals surface area contributed by atoms with Crippen molar-refractivity contribution in [1.82, 2.24) is 0 Å². The highest BCUT2D eigenvalue weighted by Gasteiger charge is 2.09. The molecule has 1 unspecified atom stereocenters. The molecule has 3 heteroatoms. The van der Waals surface area contributed by atoms with Crippen molar-refractivity contribution < 1.29 is 9.47 Å². The first-order chi connectivity index (χ1) is 7.72. The fourth-order valence-corrected chi connectivity index (χ4v) is 1.48. The largest absolute Gasteiger partial charge is 0.493 e. The van der Waals surface area contributed by atoms with E-state index in [9.17, 15) is 0 Å². The maximum Gasteiger partial charge on any atom is 0.161 e. The third kappa shape index (κ3) is 3.14. The van der Waals surface area contributed by atoms with E-state index >= 15 is 0 Å². The SMILES string of the molecule is CCCOc1ccc(C(N)CC)cc1OC. The summed E-state index contributed by atoms with van der Waals surface area (Å²) in [6.45, 7) is 4.85. The van der Waals surface area contributed by atoms with Crippen LogP contribution in [0.25, 0.3) is 0 Å². The van der Waals surface area contributed by atoms with Crippen LogP contribution in [0, 0.1) is 0 Å². The monoisotopic (exact) mass is 223 g/mol. The molecule has 0 aliphatic carbocycles. The van der Waals surface area contributed by atoms with E-state index in [1.807, 2.05) is 18.2 Å². The number of nitrogens with two attached hydrogens (primary N) is 1. The zero-order chi connectivity index (χ0) is 12.0. The van der Waals surface area contributed by atoms with Crippen molar-refractivity contribution in [3.05, 3.63) is 23.8 Å². The molecular formula is C13H21NO2. The zero-order valence-electron chi connectivity index (χ0n) is 10.3. The first-order valence-corrected chi connectivity index (χ1v) is 5.79. The van der Waals surface area contributed by atoms with Crippen molar-refractivity contribution in [2.75, 3.05) is 13.7 Å². The van der Waals surface area contributed by atoms with Gasteiger partial charge < -0.3 is 15.2 Å². The van der Waals surface area contributed by atoms with Gasteiger partial charge in [0.2, 0.25) is 0 Å². The van der Waals surface area contributed by atoms with Gasteiger partial charge in [-0.3, -0.25) is 0 Å². The first-order valence-electron chi connectivity index (χ1n) is 5.79. The molecule has 2 N–H and O–H groups in total. The number of ether oxygens (including phenoxy) is 2. The molecule has 0 heterocycles. The van der Waals surface area contributed by atoms with Gasteiger partial charge in [-0.1, -0.05) is 19.9 Å². The van der Waals surface area contributed by atoms with E-state index in [4.69, 9.17) is 15.2 Å². The van der Waals surface area contributed by atoms with Crippen LogP contribution < -0.4 is 15.2 Å². The molecule has 0 aliphatic rings. The van der Waals surface area contributed by atoms with E-state index in [1.54, 1.807) is 7.11 Å². The molecule has 90 valence electrons. The highest BCUT2D eigenvalue weighted by atomic mass is 16.5. The van der Waals surface area contributed by atoms with Gasteiger partial charge in [-0.15, -0.1) is 0 Å². The van der Waals surface area contributed by atoms with Crippen LogP contribution in [0.15, 0.2) is 18.2 Å². The normalized spacial score (nSPS) is 12.2. The topological polar surface area (TPSA) is 44.5 Å². The maximum absolute atomic E-state index is 5.97. The Balaban J connectivity index is 2.88. The van der Waals surface area contributed by atoms with Crippen LogP contribution in [-0.2, 0) is 0 Å². The van der Waals surface area contributed by atoms with E-state index in [0.29, 0.717) is 6.61 Å². The number of benzene rings is 1. The molecule has 0 spiro atoms. The molecule has 0 fully saturated rings. The van der Waals surface area contributed by atoms with Gasteiger partial charge in [0.05, 0.1) is 13.7 Å². The van der Waals surface area contributed by atoms with Gasteiger partial charge >= 0.3 is 0 Å². The second-order valence-electron chi connectivity index (χ2n) is 3.77. The Labute approximate surface area is 97.6 Å². The molecule has 1 rings (SSSR count). The van der Waals surface area contributed by atoms with E-state index in [2.05, 4.69) is 13.8 Å². The van der Waals surface area contributed by atoms with E-state index in [0.717, 1.165) is 29.9 Å². The number of hydrogen-bond acceptors (Lipinski definition) is 3. The number of rotatable bonds is 6. The van der Waals surface area contributed by atoms with Crippen LogP contribution in [0.5, 0.6) is 11.5 Å². The molecule has 0 saturated carbocycles. The molecular weight excluding hydrogens is 202 g/mol. The molecule has 0 aliphatic heterocycles. The molecule has 16 heavy (non-hydrogen) atoms. The van der Waals surface area contributed by atoms with Gasteiger partial charge in [-0.2, -0.15) is 0 Å². The predicted octanol–water partition coefficient (Wildman–Crippen LogP) is 2.89. The van der Waals surface area contributed by atoms with Crippen molar-refractivity contribution in [2.24, 2.45) is 5.73 Å². The summed E-state index contributed by atoms with van der Waals surface area (Å²) in [7, 11) is 1.65. The Morgan fingerprint density at radius 3 is 2.56 bits per heavy atom. The second kappa shape index (κ2) is 6.38. The zero-order valence-corrected chi connectivity index (χ0v) is 10.3. The summed E-state index contributed by atoms with van der Waals surface area (Å²) in [4.78, 5) is 0.